The van der Waals surface area contributed by atoms with E-state index in [1.807, 2.05) is 57.2 Å². The molecule has 0 spiro atoms. The van der Waals surface area contributed by atoms with E-state index in [-0.39, 0.29) is 30.7 Å². The van der Waals surface area contributed by atoms with Crippen LogP contribution in [0.4, 0.5) is 4.39 Å². The van der Waals surface area contributed by atoms with Crippen molar-refractivity contribution in [3.63, 3.8) is 0 Å². The number of primary amides is 2. The summed E-state index contributed by atoms with van der Waals surface area (Å²) in [5.41, 5.74) is 23.8. The molecule has 24 N–H and O–H groups in total. The fourth-order valence-corrected chi connectivity index (χ4v) is 11.0. The van der Waals surface area contributed by atoms with Crippen molar-refractivity contribution >= 4 is 70.9 Å². The first-order valence-electron chi connectivity index (χ1n) is 34.2. The van der Waals surface area contributed by atoms with Crippen LogP contribution in [-0.4, -0.2) is 196 Å². The number of nitrogens with two attached hydrogens (primary N) is 4. The largest absolute Gasteiger partial charge is 0.494 e. The SMILES string of the molecule is CCc1cc(OCCCCN)ccc1-c1ccc(CC(NC(=O)C(CC(=O)O)NC(=O)C(CO)NC(=O)C(NC(=O)C(C)(Cc2ccccc2F)NC(=O)C(NC(=O)CNC(O)C(CC(=NN)NNC)NC(=O)C(C)(C)C(N)=O)C(C)O)C(C)O)C(=O)NC(CCCc2cc(C)cc(C)c2)C(N)=O)cc1. The summed E-state index contributed by atoms with van der Waals surface area (Å²) in [6.45, 7) is 10.4. The Morgan fingerprint density at radius 2 is 1.26 bits per heavy atom. The van der Waals surface area contributed by atoms with Crippen LogP contribution in [0.1, 0.15) is 113 Å². The molecule has 0 aliphatic carbocycles. The zero-order chi connectivity index (χ0) is 78.5. The molecule has 11 atom stereocenters. The molecule has 0 bridgehead atoms. The number of carboxylic acids is 1. The van der Waals surface area contributed by atoms with E-state index in [0.29, 0.717) is 43.7 Å². The van der Waals surface area contributed by atoms with Crippen molar-refractivity contribution in [3.8, 4) is 16.9 Å². The number of unbranched alkanes of at least 4 members (excludes halogenated alkanes) is 1. The lowest BCUT2D eigenvalue weighted by molar-refractivity contribution is -0.142. The molecule has 34 heteroatoms. The monoisotopic (exact) mass is 1470 g/mol. The number of carbonyl (C=O) groups excluding carboxylic acids is 10. The van der Waals surface area contributed by atoms with Crippen LogP contribution in [0.5, 0.6) is 5.75 Å². The number of nitrogens with one attached hydrogen (secondary N) is 11. The highest BCUT2D eigenvalue weighted by Gasteiger charge is 2.43. The Kier molecular flexibility index (Phi) is 34.8. The third-order valence-corrected chi connectivity index (χ3v) is 17.1. The van der Waals surface area contributed by atoms with Crippen molar-refractivity contribution < 1.29 is 87.4 Å². The van der Waals surface area contributed by atoms with Gasteiger partial charge >= 0.3 is 5.97 Å². The molecule has 0 fully saturated rings. The maximum atomic E-state index is 15.5. The smallest absolute Gasteiger partial charge is 0.305 e. The Morgan fingerprint density at radius 3 is 1.83 bits per heavy atom. The number of hydrogen-bond acceptors (Lipinski definition) is 21. The number of carbonyl (C=O) groups is 11. The van der Waals surface area contributed by atoms with Gasteiger partial charge in [0.25, 0.3) is 0 Å². The molecule has 4 aromatic carbocycles. The number of hydrazine groups is 1. The molecular formula is C71H103FN16O17. The molecule has 0 radical (unpaired) electrons. The van der Waals surface area contributed by atoms with Gasteiger partial charge in [0.1, 0.15) is 70.8 Å². The average molecular weight is 1470 g/mol. The minimum absolute atomic E-state index is 0.0204. The van der Waals surface area contributed by atoms with Crippen LogP contribution in [0.3, 0.4) is 0 Å². The van der Waals surface area contributed by atoms with Crippen molar-refractivity contribution in [1.82, 2.24) is 58.7 Å². The number of benzene rings is 4. The van der Waals surface area contributed by atoms with Gasteiger partial charge in [0.2, 0.25) is 59.1 Å². The number of ether oxygens (including phenoxy) is 1. The Balaban J connectivity index is 1.60. The number of aliphatic hydroxyl groups excluding tert-OH is 4. The molecule has 0 aromatic heterocycles. The van der Waals surface area contributed by atoms with Crippen LogP contribution in [-0.2, 0) is 78.4 Å². The lowest BCUT2D eigenvalue weighted by atomic mass is 9.90. The normalized spacial score (nSPS) is 15.0. The molecule has 105 heavy (non-hydrogen) atoms. The third kappa shape index (κ3) is 27.4. The Bertz CT molecular complexity index is 3670. The number of amides is 10. The predicted molar refractivity (Wildman–Crippen MR) is 385 cm³/mol. The van der Waals surface area contributed by atoms with Gasteiger partial charge in [-0.15, -0.1) is 0 Å². The first-order chi connectivity index (χ1) is 49.5. The molecule has 576 valence electrons. The summed E-state index contributed by atoms with van der Waals surface area (Å²) in [5.74, 6) is -7.89. The maximum Gasteiger partial charge on any atom is 0.305 e. The van der Waals surface area contributed by atoms with Crippen molar-refractivity contribution in [1.29, 1.82) is 0 Å². The van der Waals surface area contributed by atoms with Gasteiger partial charge in [-0.2, -0.15) is 5.10 Å². The summed E-state index contributed by atoms with van der Waals surface area (Å²) in [7, 11) is 1.46. The van der Waals surface area contributed by atoms with Crippen molar-refractivity contribution in [2.45, 2.75) is 186 Å². The van der Waals surface area contributed by atoms with E-state index in [9.17, 15) is 78.3 Å². The molecule has 33 nitrogen and oxygen atoms in total. The third-order valence-electron chi connectivity index (χ3n) is 17.1. The van der Waals surface area contributed by atoms with E-state index in [2.05, 4.69) is 63.8 Å². The number of rotatable bonds is 44. The van der Waals surface area contributed by atoms with Crippen molar-refractivity contribution in [3.05, 3.63) is 124 Å². The second-order valence-electron chi connectivity index (χ2n) is 26.4. The molecule has 11 unspecified atom stereocenters. The average Bonchev–Trinajstić information content (AvgIpc) is 0.779. The van der Waals surface area contributed by atoms with Gasteiger partial charge in [0.05, 0.1) is 44.4 Å². The molecule has 10 amide bonds. The molecule has 0 aliphatic heterocycles. The summed E-state index contributed by atoms with van der Waals surface area (Å²) in [4.78, 5) is 150. The summed E-state index contributed by atoms with van der Waals surface area (Å²) >= 11 is 0. The van der Waals surface area contributed by atoms with Gasteiger partial charge in [-0.25, -0.2) is 9.82 Å². The van der Waals surface area contributed by atoms with E-state index < -0.39 is 169 Å². The van der Waals surface area contributed by atoms with Gasteiger partial charge in [-0.1, -0.05) is 84.8 Å². The number of aryl methyl sites for hydroxylation is 4. The Morgan fingerprint density at radius 1 is 0.657 bits per heavy atom. The second kappa shape index (κ2) is 41.9. The molecule has 0 saturated carbocycles. The fraction of sp³-hybridized carbons (Fsp3) is 0.493. The number of carboxylic acid groups (broad SMARTS) is 1. The van der Waals surface area contributed by atoms with Gasteiger partial charge in [0, 0.05) is 26.3 Å². The summed E-state index contributed by atoms with van der Waals surface area (Å²) in [6.07, 6.45) is -4.70. The number of nitrogens with zero attached hydrogens (tertiary/aromatic N) is 1. The van der Waals surface area contributed by atoms with E-state index in [1.54, 1.807) is 24.3 Å². The molecule has 0 saturated heterocycles. The summed E-state index contributed by atoms with van der Waals surface area (Å²) < 4.78 is 21.4. The number of halogens is 1. The van der Waals surface area contributed by atoms with Crippen LogP contribution in [0.25, 0.3) is 11.1 Å². The highest BCUT2D eigenvalue weighted by Crippen LogP contribution is 2.29. The minimum Gasteiger partial charge on any atom is -0.494 e. The van der Waals surface area contributed by atoms with Gasteiger partial charge < -0.3 is 101 Å². The summed E-state index contributed by atoms with van der Waals surface area (Å²) in [6, 6.07) is 11.3. The Hall–Kier alpha value is -10.2. The van der Waals surface area contributed by atoms with E-state index in [4.69, 9.17) is 27.8 Å². The lowest BCUT2D eigenvalue weighted by Crippen LogP contribution is -2.67. The number of hydrogen-bond donors (Lipinski definition) is 20. The van der Waals surface area contributed by atoms with Crippen LogP contribution in [0, 0.1) is 25.1 Å². The molecule has 4 rings (SSSR count). The standard InChI is InChI=1S/C71H103FN16O17/c1-10-44-32-47(105-27-14-13-26-73)24-25-48(44)45-22-20-42(21-23-45)31-51(62(97)79-50(60(74)95)19-15-16-43-29-38(2)28-39(3)30-43)80-63(98)53(34-57(93)94)81-64(99)54(37-89)82-65(100)58(40(4)90)85-69(104)71(8,35-46-17-11-12-18-49(46)72)86-66(101)59(41(5)91)84-56(92)36-78-61(96)52(33-55(87-76)88-77-9)83-68(103)70(6,7)67(75)102/h11-12,17-18,20-25,28-30,32,40-41,50-54,58-59,61,77-78,89-91,96H,10,13-16,19,26-27,31,33-37,73,76H2,1-9H3,(H2,74,95)(H2,75,102)(H,79,97)(H,80,98)(H,81,99)(H,82,100)(H,83,103)(H,84,92)(H,85,104)(H,86,101)(H,87,88)(H,93,94). The quantitative estimate of drug-likeness (QED) is 0.00410. The number of aliphatic hydroxyl groups is 4. The van der Waals surface area contributed by atoms with E-state index in [0.717, 1.165) is 73.1 Å². The van der Waals surface area contributed by atoms with Crippen LogP contribution < -0.4 is 86.5 Å². The van der Waals surface area contributed by atoms with Crippen LogP contribution >= 0.6 is 0 Å². The summed E-state index contributed by atoms with van der Waals surface area (Å²) in [5, 5.41) is 78.5. The molecular weight excluding hydrogens is 1370 g/mol. The van der Waals surface area contributed by atoms with Gasteiger partial charge in [-0.05, 0) is 145 Å². The minimum atomic E-state index is -2.38. The first kappa shape index (κ1) is 87.2. The zero-order valence-corrected chi connectivity index (χ0v) is 60.5. The predicted octanol–water partition coefficient (Wildman–Crippen LogP) is -2.61. The Labute approximate surface area is 608 Å². The van der Waals surface area contributed by atoms with E-state index in [1.165, 1.54) is 39.1 Å². The highest BCUT2D eigenvalue weighted by molar-refractivity contribution is 6.04. The second-order valence-corrected chi connectivity index (χ2v) is 26.4. The topological polar surface area (TPSA) is 547 Å². The number of amidine groups is 1. The van der Waals surface area contributed by atoms with Crippen molar-refractivity contribution in [2.24, 2.45) is 33.6 Å². The highest BCUT2D eigenvalue weighted by atomic mass is 19.1. The number of hydrazone groups is 1. The first-order valence-corrected chi connectivity index (χ1v) is 34.2. The molecule has 4 aromatic rings. The van der Waals surface area contributed by atoms with Gasteiger partial charge in [-0.3, -0.25) is 58.1 Å². The van der Waals surface area contributed by atoms with E-state index >= 15 is 4.39 Å². The van der Waals surface area contributed by atoms with Crippen LogP contribution in [0.15, 0.2) is 90.0 Å². The number of aliphatic carboxylic acids is 1. The van der Waals surface area contributed by atoms with Crippen molar-refractivity contribution in [2.75, 3.05) is 33.4 Å². The van der Waals surface area contributed by atoms with Gasteiger partial charge in [0.15, 0.2) is 0 Å². The maximum absolute atomic E-state index is 15.5. The lowest BCUT2D eigenvalue weighted by Gasteiger charge is -2.34. The molecule has 0 heterocycles. The van der Waals surface area contributed by atoms with Crippen LogP contribution in [0.2, 0.25) is 0 Å². The fourth-order valence-electron chi connectivity index (χ4n) is 11.0. The molecule has 0 aliphatic rings. The zero-order valence-electron chi connectivity index (χ0n) is 60.5.